The Morgan fingerprint density at radius 1 is 1.06 bits per heavy atom. The third kappa shape index (κ3) is 3.52. The first-order chi connectivity index (χ1) is 14.6. The topological polar surface area (TPSA) is 69.7 Å². The monoisotopic (exact) mass is 417 g/mol. The van der Waals surface area contributed by atoms with Crippen LogP contribution in [-0.2, 0) is 9.59 Å². The number of aryl methyl sites for hydroxylation is 1. The zero-order valence-corrected chi connectivity index (χ0v) is 18.5. The largest absolute Gasteiger partial charge is 0.369 e. The molecule has 2 aromatic carbocycles. The number of urea groups is 1. The van der Waals surface area contributed by atoms with Gasteiger partial charge in [0.05, 0.1) is 5.69 Å². The number of imide groups is 2. The average Bonchev–Trinajstić information content (AvgIpc) is 2.70. The first-order valence-electron chi connectivity index (χ1n) is 10.4. The van der Waals surface area contributed by atoms with Crippen LogP contribution < -0.4 is 15.1 Å². The molecule has 160 valence electrons. The van der Waals surface area contributed by atoms with Gasteiger partial charge < -0.3 is 4.90 Å². The van der Waals surface area contributed by atoms with Gasteiger partial charge in [-0.25, -0.2) is 9.69 Å². The van der Waals surface area contributed by atoms with Crippen LogP contribution in [0.5, 0.6) is 0 Å². The lowest BCUT2D eigenvalue weighted by Gasteiger charge is -2.45. The Kier molecular flexibility index (Phi) is 4.96. The van der Waals surface area contributed by atoms with Crippen LogP contribution in [-0.4, -0.2) is 30.4 Å². The van der Waals surface area contributed by atoms with Crippen molar-refractivity contribution in [2.45, 2.75) is 45.6 Å². The summed E-state index contributed by atoms with van der Waals surface area (Å²) < 4.78 is 0. The summed E-state index contributed by atoms with van der Waals surface area (Å²) >= 11 is 0. The van der Waals surface area contributed by atoms with Crippen LogP contribution >= 0.6 is 0 Å². The summed E-state index contributed by atoms with van der Waals surface area (Å²) in [5.41, 5.74) is 4.34. The van der Waals surface area contributed by atoms with Crippen molar-refractivity contribution in [1.82, 2.24) is 5.32 Å². The highest BCUT2D eigenvalue weighted by molar-refractivity contribution is 6.39. The molecule has 2 heterocycles. The molecule has 0 spiro atoms. The van der Waals surface area contributed by atoms with Crippen LogP contribution in [0.2, 0.25) is 0 Å². The Hall–Kier alpha value is -3.41. The minimum atomic E-state index is -0.732. The molecule has 2 aliphatic rings. The Balaban J connectivity index is 1.74. The molecule has 31 heavy (non-hydrogen) atoms. The van der Waals surface area contributed by atoms with Crippen molar-refractivity contribution in [3.05, 3.63) is 64.7 Å². The minimum Gasteiger partial charge on any atom is -0.369 e. The molecule has 1 N–H and O–H groups in total. The fourth-order valence-corrected chi connectivity index (χ4v) is 4.54. The number of carbonyl (C=O) groups is 3. The van der Waals surface area contributed by atoms with E-state index in [9.17, 15) is 14.4 Å². The van der Waals surface area contributed by atoms with Gasteiger partial charge in [-0.15, -0.1) is 0 Å². The quantitative estimate of drug-likeness (QED) is 0.581. The van der Waals surface area contributed by atoms with Crippen LogP contribution in [0.1, 0.15) is 49.8 Å². The number of nitrogens with zero attached hydrogens (tertiary/aromatic N) is 2. The van der Waals surface area contributed by atoms with Crippen LogP contribution in [0.3, 0.4) is 0 Å². The summed E-state index contributed by atoms with van der Waals surface area (Å²) in [6.45, 7) is 8.47. The minimum absolute atomic E-state index is 0.0556. The van der Waals surface area contributed by atoms with Gasteiger partial charge in [0.1, 0.15) is 5.57 Å². The fourth-order valence-electron chi connectivity index (χ4n) is 4.54. The van der Waals surface area contributed by atoms with Crippen LogP contribution in [0.25, 0.3) is 6.08 Å². The molecule has 6 nitrogen and oxygen atoms in total. The number of anilines is 2. The van der Waals surface area contributed by atoms with Gasteiger partial charge in [-0.2, -0.15) is 0 Å². The maximum absolute atomic E-state index is 13.2. The predicted octanol–water partition coefficient (Wildman–Crippen LogP) is 4.38. The van der Waals surface area contributed by atoms with Crippen LogP contribution in [0.15, 0.2) is 48.0 Å². The molecule has 0 unspecified atom stereocenters. The number of para-hydroxylation sites is 1. The van der Waals surface area contributed by atoms with E-state index in [0.29, 0.717) is 11.6 Å². The SMILES string of the molecule is Cc1ccccc1N1C(=O)NC(=O)/C(=C\c2ccc3c(c2)[C@@H](C)CC(C)(C)N3C)C1=O. The van der Waals surface area contributed by atoms with Gasteiger partial charge in [-0.3, -0.25) is 14.9 Å². The van der Waals surface area contributed by atoms with E-state index in [2.05, 4.69) is 38.0 Å². The Morgan fingerprint density at radius 2 is 1.77 bits per heavy atom. The van der Waals surface area contributed by atoms with Crippen molar-refractivity contribution >= 4 is 35.3 Å². The van der Waals surface area contributed by atoms with Gasteiger partial charge in [0.25, 0.3) is 11.8 Å². The van der Waals surface area contributed by atoms with E-state index in [1.807, 2.05) is 37.3 Å². The molecule has 0 saturated carbocycles. The number of carbonyl (C=O) groups excluding carboxylic acids is 3. The zero-order valence-electron chi connectivity index (χ0n) is 18.5. The molecule has 6 heteroatoms. The number of hydrogen-bond acceptors (Lipinski definition) is 4. The van der Waals surface area contributed by atoms with Crippen LogP contribution in [0, 0.1) is 6.92 Å². The molecular weight excluding hydrogens is 390 g/mol. The maximum Gasteiger partial charge on any atom is 0.335 e. The van der Waals surface area contributed by atoms with Gasteiger partial charge in [0.2, 0.25) is 0 Å². The molecule has 4 amide bonds. The van der Waals surface area contributed by atoms with E-state index < -0.39 is 17.8 Å². The zero-order chi connectivity index (χ0) is 22.5. The third-order valence-corrected chi connectivity index (χ3v) is 6.43. The summed E-state index contributed by atoms with van der Waals surface area (Å²) in [6.07, 6.45) is 2.58. The predicted molar refractivity (Wildman–Crippen MR) is 122 cm³/mol. The maximum atomic E-state index is 13.2. The number of amides is 4. The second-order valence-electron chi connectivity index (χ2n) is 9.04. The van der Waals surface area contributed by atoms with Crippen molar-refractivity contribution in [2.75, 3.05) is 16.8 Å². The van der Waals surface area contributed by atoms with Gasteiger partial charge in [0.15, 0.2) is 0 Å². The number of barbiturate groups is 1. The standard InChI is InChI=1S/C25H27N3O3/c1-15-8-6-7-9-20(15)28-23(30)19(22(29)26-24(28)31)13-17-10-11-21-18(12-17)16(2)14-25(3,4)27(21)5/h6-13,16H,14H2,1-5H3,(H,26,29,31)/b19-13+/t16-/m0/s1. The van der Waals surface area contributed by atoms with Gasteiger partial charge >= 0.3 is 6.03 Å². The highest BCUT2D eigenvalue weighted by atomic mass is 16.2. The molecule has 0 radical (unpaired) electrons. The number of benzene rings is 2. The van der Waals surface area contributed by atoms with E-state index in [0.717, 1.165) is 28.1 Å². The van der Waals surface area contributed by atoms with Crippen molar-refractivity contribution in [2.24, 2.45) is 0 Å². The first-order valence-corrected chi connectivity index (χ1v) is 10.4. The molecule has 1 fully saturated rings. The molecule has 4 rings (SSSR count). The summed E-state index contributed by atoms with van der Waals surface area (Å²) in [6, 6.07) is 12.3. The van der Waals surface area contributed by atoms with Gasteiger partial charge in [0, 0.05) is 18.3 Å². The summed E-state index contributed by atoms with van der Waals surface area (Å²) in [5, 5.41) is 2.30. The van der Waals surface area contributed by atoms with Crippen molar-refractivity contribution in [3.8, 4) is 0 Å². The molecule has 0 aromatic heterocycles. The number of nitrogens with one attached hydrogen (secondary N) is 1. The molecule has 2 aromatic rings. The Labute approximate surface area is 182 Å². The van der Waals surface area contributed by atoms with E-state index in [1.54, 1.807) is 18.2 Å². The first kappa shape index (κ1) is 20.8. The summed E-state index contributed by atoms with van der Waals surface area (Å²) in [5.74, 6) is -0.948. The Bertz CT molecular complexity index is 1130. The summed E-state index contributed by atoms with van der Waals surface area (Å²) in [7, 11) is 2.09. The molecule has 2 aliphatic heterocycles. The van der Waals surface area contributed by atoms with Gasteiger partial charge in [-0.1, -0.05) is 31.2 Å². The molecule has 1 saturated heterocycles. The lowest BCUT2D eigenvalue weighted by atomic mass is 9.80. The molecule has 0 aliphatic carbocycles. The molecule has 1 atom stereocenters. The second kappa shape index (κ2) is 7.38. The lowest BCUT2D eigenvalue weighted by molar-refractivity contribution is -0.122. The lowest BCUT2D eigenvalue weighted by Crippen LogP contribution is -2.54. The third-order valence-electron chi connectivity index (χ3n) is 6.43. The Morgan fingerprint density at radius 3 is 2.48 bits per heavy atom. The average molecular weight is 418 g/mol. The van der Waals surface area contributed by atoms with E-state index in [-0.39, 0.29) is 11.1 Å². The second-order valence-corrected chi connectivity index (χ2v) is 9.04. The highest BCUT2D eigenvalue weighted by Gasteiger charge is 2.38. The smallest absolute Gasteiger partial charge is 0.335 e. The number of rotatable bonds is 2. The van der Waals surface area contributed by atoms with E-state index >= 15 is 0 Å². The normalized spacial score (nSPS) is 21.9. The van der Waals surface area contributed by atoms with Crippen molar-refractivity contribution < 1.29 is 14.4 Å². The van der Waals surface area contributed by atoms with E-state index in [1.165, 1.54) is 5.56 Å². The van der Waals surface area contributed by atoms with Crippen molar-refractivity contribution in [3.63, 3.8) is 0 Å². The van der Waals surface area contributed by atoms with E-state index in [4.69, 9.17) is 0 Å². The molecular formula is C25H27N3O3. The van der Waals surface area contributed by atoms with Gasteiger partial charge in [-0.05, 0) is 74.1 Å². The molecule has 0 bridgehead atoms. The number of fused-ring (bicyclic) bond motifs is 1. The summed E-state index contributed by atoms with van der Waals surface area (Å²) in [4.78, 5) is 41.4. The highest BCUT2D eigenvalue weighted by Crippen LogP contribution is 2.42. The van der Waals surface area contributed by atoms with Crippen molar-refractivity contribution in [1.29, 1.82) is 0 Å². The van der Waals surface area contributed by atoms with Crippen LogP contribution in [0.4, 0.5) is 16.2 Å². The fraction of sp³-hybridized carbons (Fsp3) is 0.320. The number of hydrogen-bond donors (Lipinski definition) is 1.